The lowest BCUT2D eigenvalue weighted by molar-refractivity contribution is 0.0697. The highest BCUT2D eigenvalue weighted by Crippen LogP contribution is 2.37. The van der Waals surface area contributed by atoms with Gasteiger partial charge in [0.05, 0.1) is 11.9 Å². The first kappa shape index (κ1) is 12.7. The van der Waals surface area contributed by atoms with Crippen molar-refractivity contribution in [1.82, 2.24) is 4.98 Å². The molecule has 0 saturated heterocycles. The molecule has 5 nitrogen and oxygen atoms in total. The van der Waals surface area contributed by atoms with Crippen molar-refractivity contribution in [3.05, 3.63) is 17.8 Å². The average Bonchev–Trinajstić information content (AvgIpc) is 2.75. The number of aromatic nitrogens is 1. The molecule has 0 atom stereocenters. The van der Waals surface area contributed by atoms with Crippen molar-refractivity contribution in [3.63, 3.8) is 0 Å². The van der Waals surface area contributed by atoms with Gasteiger partial charge < -0.3 is 16.2 Å². The van der Waals surface area contributed by atoms with E-state index in [1.54, 1.807) is 0 Å². The number of hydrogen-bond acceptors (Lipinski definition) is 4. The summed E-state index contributed by atoms with van der Waals surface area (Å²) in [5.41, 5.74) is 6.31. The van der Waals surface area contributed by atoms with Crippen LogP contribution in [0.5, 0.6) is 0 Å². The van der Waals surface area contributed by atoms with Crippen LogP contribution >= 0.6 is 0 Å². The quantitative estimate of drug-likeness (QED) is 0.762. The fourth-order valence-electron chi connectivity index (χ4n) is 2.49. The Balaban J connectivity index is 2.11. The van der Waals surface area contributed by atoms with Gasteiger partial charge in [-0.15, -0.1) is 0 Å². The molecule has 0 unspecified atom stereocenters. The van der Waals surface area contributed by atoms with Crippen LogP contribution in [0.2, 0.25) is 0 Å². The summed E-state index contributed by atoms with van der Waals surface area (Å²) < 4.78 is 0. The highest BCUT2D eigenvalue weighted by Gasteiger charge is 2.28. The molecule has 5 heteroatoms. The summed E-state index contributed by atoms with van der Waals surface area (Å²) in [6.45, 7) is 2.98. The van der Waals surface area contributed by atoms with Gasteiger partial charge in [0, 0.05) is 6.54 Å². The topological polar surface area (TPSA) is 88.2 Å². The van der Waals surface area contributed by atoms with Gasteiger partial charge >= 0.3 is 5.97 Å². The van der Waals surface area contributed by atoms with Gasteiger partial charge in [-0.1, -0.05) is 19.8 Å². The van der Waals surface area contributed by atoms with Crippen LogP contribution in [-0.2, 0) is 0 Å². The SMILES string of the molecule is CC1(CNc2ncc(N)cc2C(=O)O)CCCC1. The Morgan fingerprint density at radius 1 is 1.56 bits per heavy atom. The standard InChI is InChI=1S/C13H19N3O2/c1-13(4-2-3-5-13)8-16-11-10(12(17)18)6-9(14)7-15-11/h6-7H,2-5,8,14H2,1H3,(H,15,16)(H,17,18). The molecule has 0 bridgehead atoms. The number of nitrogens with one attached hydrogen (secondary N) is 1. The molecule has 1 fully saturated rings. The number of carboxylic acids is 1. The first-order valence-corrected chi connectivity index (χ1v) is 6.23. The zero-order valence-corrected chi connectivity index (χ0v) is 10.6. The molecule has 98 valence electrons. The summed E-state index contributed by atoms with van der Waals surface area (Å²) in [6, 6.07) is 1.44. The van der Waals surface area contributed by atoms with Crippen molar-refractivity contribution in [2.24, 2.45) is 5.41 Å². The van der Waals surface area contributed by atoms with Crippen molar-refractivity contribution in [2.45, 2.75) is 32.6 Å². The summed E-state index contributed by atoms with van der Waals surface area (Å²) in [5, 5.41) is 12.3. The third-order valence-corrected chi connectivity index (χ3v) is 3.63. The minimum Gasteiger partial charge on any atom is -0.478 e. The highest BCUT2D eigenvalue weighted by molar-refractivity contribution is 5.94. The monoisotopic (exact) mass is 249 g/mol. The normalized spacial score (nSPS) is 17.6. The van der Waals surface area contributed by atoms with E-state index in [1.165, 1.54) is 37.9 Å². The zero-order chi connectivity index (χ0) is 13.2. The van der Waals surface area contributed by atoms with E-state index in [4.69, 9.17) is 10.8 Å². The van der Waals surface area contributed by atoms with E-state index in [2.05, 4.69) is 17.2 Å². The maximum atomic E-state index is 11.1. The van der Waals surface area contributed by atoms with E-state index in [0.717, 1.165) is 6.54 Å². The Kier molecular flexibility index (Phi) is 3.41. The molecule has 0 amide bonds. The third kappa shape index (κ3) is 2.72. The first-order valence-electron chi connectivity index (χ1n) is 6.23. The maximum Gasteiger partial charge on any atom is 0.339 e. The molecule has 1 heterocycles. The molecule has 0 aliphatic heterocycles. The van der Waals surface area contributed by atoms with Crippen LogP contribution < -0.4 is 11.1 Å². The molecule has 1 aliphatic rings. The van der Waals surface area contributed by atoms with Crippen LogP contribution in [0.1, 0.15) is 43.0 Å². The first-order chi connectivity index (χ1) is 8.50. The largest absolute Gasteiger partial charge is 0.478 e. The molecule has 1 aliphatic carbocycles. The maximum absolute atomic E-state index is 11.1. The van der Waals surface area contributed by atoms with Crippen LogP contribution in [0.4, 0.5) is 11.5 Å². The third-order valence-electron chi connectivity index (χ3n) is 3.63. The number of nitrogens with zero attached hydrogens (tertiary/aromatic N) is 1. The number of pyridine rings is 1. The molecule has 1 saturated carbocycles. The van der Waals surface area contributed by atoms with Crippen LogP contribution in [0.25, 0.3) is 0 Å². The molecule has 0 aromatic carbocycles. The van der Waals surface area contributed by atoms with Crippen molar-refractivity contribution >= 4 is 17.5 Å². The Labute approximate surface area is 106 Å². The smallest absolute Gasteiger partial charge is 0.339 e. The summed E-state index contributed by atoms with van der Waals surface area (Å²) in [5.74, 6) is -0.598. The summed E-state index contributed by atoms with van der Waals surface area (Å²) >= 11 is 0. The second kappa shape index (κ2) is 4.84. The van der Waals surface area contributed by atoms with Crippen LogP contribution in [0.15, 0.2) is 12.3 Å². The number of carbonyl (C=O) groups is 1. The lowest BCUT2D eigenvalue weighted by Crippen LogP contribution is -2.24. The zero-order valence-electron chi connectivity index (χ0n) is 10.6. The molecular formula is C13H19N3O2. The number of nitrogens with two attached hydrogens (primary N) is 1. The number of anilines is 2. The predicted octanol–water partition coefficient (Wildman–Crippen LogP) is 2.35. The lowest BCUT2D eigenvalue weighted by Gasteiger charge is -2.24. The molecule has 0 radical (unpaired) electrons. The van der Waals surface area contributed by atoms with E-state index in [-0.39, 0.29) is 11.0 Å². The summed E-state index contributed by atoms with van der Waals surface area (Å²) in [7, 11) is 0. The van der Waals surface area contributed by atoms with E-state index < -0.39 is 5.97 Å². The number of carboxylic acid groups (broad SMARTS) is 1. The Morgan fingerprint density at radius 3 is 2.83 bits per heavy atom. The van der Waals surface area contributed by atoms with Crippen LogP contribution in [-0.4, -0.2) is 22.6 Å². The fourth-order valence-corrected chi connectivity index (χ4v) is 2.49. The average molecular weight is 249 g/mol. The van der Waals surface area contributed by atoms with Gasteiger partial charge in [0.15, 0.2) is 0 Å². The van der Waals surface area contributed by atoms with Crippen molar-refractivity contribution in [1.29, 1.82) is 0 Å². The van der Waals surface area contributed by atoms with E-state index in [1.807, 2.05) is 0 Å². The number of nitrogen functional groups attached to an aromatic ring is 1. The van der Waals surface area contributed by atoms with Gasteiger partial charge in [-0.3, -0.25) is 0 Å². The van der Waals surface area contributed by atoms with Gasteiger partial charge in [0.1, 0.15) is 11.4 Å². The minimum atomic E-state index is -1.01. The van der Waals surface area contributed by atoms with Crippen LogP contribution in [0, 0.1) is 5.41 Å². The Bertz CT molecular complexity index is 454. The summed E-state index contributed by atoms with van der Waals surface area (Å²) in [6.07, 6.45) is 6.33. The fraction of sp³-hybridized carbons (Fsp3) is 0.538. The minimum absolute atomic E-state index is 0.136. The molecule has 1 aromatic rings. The predicted molar refractivity (Wildman–Crippen MR) is 70.7 cm³/mol. The molecule has 18 heavy (non-hydrogen) atoms. The van der Waals surface area contributed by atoms with Gasteiger partial charge in [0.25, 0.3) is 0 Å². The lowest BCUT2D eigenvalue weighted by atomic mass is 9.89. The van der Waals surface area contributed by atoms with Crippen molar-refractivity contribution < 1.29 is 9.90 Å². The number of aromatic carboxylic acids is 1. The number of hydrogen-bond donors (Lipinski definition) is 3. The van der Waals surface area contributed by atoms with Crippen LogP contribution in [0.3, 0.4) is 0 Å². The van der Waals surface area contributed by atoms with Gasteiger partial charge in [-0.2, -0.15) is 0 Å². The Morgan fingerprint density at radius 2 is 2.22 bits per heavy atom. The summed E-state index contributed by atoms with van der Waals surface area (Å²) in [4.78, 5) is 15.2. The van der Waals surface area contributed by atoms with Crippen molar-refractivity contribution in [2.75, 3.05) is 17.6 Å². The van der Waals surface area contributed by atoms with E-state index in [9.17, 15) is 4.79 Å². The van der Waals surface area contributed by atoms with Crippen molar-refractivity contribution in [3.8, 4) is 0 Å². The van der Waals surface area contributed by atoms with Gasteiger partial charge in [-0.05, 0) is 24.3 Å². The second-order valence-electron chi connectivity index (χ2n) is 5.34. The number of rotatable bonds is 4. The Hall–Kier alpha value is -1.78. The van der Waals surface area contributed by atoms with E-state index >= 15 is 0 Å². The molecule has 0 spiro atoms. The molecule has 2 rings (SSSR count). The molecule has 4 N–H and O–H groups in total. The van der Waals surface area contributed by atoms with E-state index in [0.29, 0.717) is 11.5 Å². The molecule has 1 aromatic heterocycles. The highest BCUT2D eigenvalue weighted by atomic mass is 16.4. The van der Waals surface area contributed by atoms with Gasteiger partial charge in [-0.25, -0.2) is 9.78 Å². The second-order valence-corrected chi connectivity index (χ2v) is 5.34. The van der Waals surface area contributed by atoms with Gasteiger partial charge in [0.2, 0.25) is 0 Å². The molecular weight excluding hydrogens is 230 g/mol.